The van der Waals surface area contributed by atoms with Crippen LogP contribution in [0.15, 0.2) is 35.4 Å². The third-order valence-electron chi connectivity index (χ3n) is 16.8. The summed E-state index contributed by atoms with van der Waals surface area (Å²) in [5, 5.41) is 68.6. The second kappa shape index (κ2) is 25.9. The van der Waals surface area contributed by atoms with Gasteiger partial charge in [0.2, 0.25) is 0 Å². The van der Waals surface area contributed by atoms with Gasteiger partial charge in [0.1, 0.15) is 48.8 Å². The molecule has 77 heavy (non-hydrogen) atoms. The SMILES string of the molecule is CC[C@H]1OC(=O)[C@H](C)[C@@H](C2C[C@@](C)(OC)[C@@H](O)[C@H](C)O2)[C@H](C)[C@@H](O[C@@H]2O[C@H](C)C[C@H](N(C)CCc3cn([C@H](CF)[C@H](OC)c4ccc(S(=O)(=O)CC(F)(F)F)cc4)nn3)[C@H]2O)[C@](C)(O)C[C@@H](C)CN(C)[C@H](C)[C@@H](O)[C@]1(C)O. The minimum atomic E-state index is -4.94. The molecule has 0 amide bonds. The van der Waals surface area contributed by atoms with E-state index in [1.165, 1.54) is 44.2 Å². The number of nitrogens with zero attached hydrogens (tertiary/aromatic N) is 5. The van der Waals surface area contributed by atoms with Crippen molar-refractivity contribution in [2.24, 2.45) is 23.7 Å². The van der Waals surface area contributed by atoms with Gasteiger partial charge in [-0.05, 0) is 104 Å². The molecule has 0 radical (unpaired) electrons. The largest absolute Gasteiger partial charge is 0.459 e. The average molecular weight is 1130 g/mol. The molecule has 24 heteroatoms. The van der Waals surface area contributed by atoms with Crippen LogP contribution in [0, 0.1) is 23.7 Å². The number of aliphatic hydroxyl groups excluding tert-OH is 3. The van der Waals surface area contributed by atoms with E-state index in [-0.39, 0.29) is 31.6 Å². The molecule has 3 saturated heterocycles. The Hall–Kier alpha value is -2.98. The highest BCUT2D eigenvalue weighted by molar-refractivity contribution is 7.91. The molecule has 20 atom stereocenters. The van der Waals surface area contributed by atoms with Crippen LogP contribution in [0.25, 0.3) is 0 Å². The van der Waals surface area contributed by atoms with Crippen LogP contribution in [0.5, 0.6) is 0 Å². The summed E-state index contributed by atoms with van der Waals surface area (Å²) in [6, 6.07) is 2.28. The van der Waals surface area contributed by atoms with Crippen LogP contribution in [0.3, 0.4) is 0 Å². The van der Waals surface area contributed by atoms with E-state index in [1.807, 2.05) is 37.6 Å². The quantitative estimate of drug-likeness (QED) is 0.114. The van der Waals surface area contributed by atoms with Crippen LogP contribution in [-0.2, 0) is 49.5 Å². The molecule has 2 aromatic rings. The van der Waals surface area contributed by atoms with Crippen molar-refractivity contribution in [2.75, 3.05) is 53.8 Å². The number of sulfone groups is 1. The van der Waals surface area contributed by atoms with Gasteiger partial charge in [0.05, 0.1) is 52.1 Å². The number of rotatable bonds is 16. The molecule has 0 bridgehead atoms. The van der Waals surface area contributed by atoms with Gasteiger partial charge < -0.3 is 63.8 Å². The lowest BCUT2D eigenvalue weighted by molar-refractivity contribution is -0.302. The van der Waals surface area contributed by atoms with E-state index in [0.29, 0.717) is 30.8 Å². The Morgan fingerprint density at radius 1 is 0.974 bits per heavy atom. The van der Waals surface area contributed by atoms with Gasteiger partial charge in [-0.15, -0.1) is 5.10 Å². The number of alkyl halides is 4. The van der Waals surface area contributed by atoms with Crippen molar-refractivity contribution in [3.63, 3.8) is 0 Å². The van der Waals surface area contributed by atoms with Crippen LogP contribution in [0.2, 0.25) is 0 Å². The van der Waals surface area contributed by atoms with E-state index in [4.69, 9.17) is 28.4 Å². The molecule has 442 valence electrons. The highest BCUT2D eigenvalue weighted by Gasteiger charge is 2.55. The van der Waals surface area contributed by atoms with E-state index >= 15 is 0 Å². The van der Waals surface area contributed by atoms with E-state index < -0.39 is 153 Å². The lowest BCUT2D eigenvalue weighted by Gasteiger charge is -2.51. The van der Waals surface area contributed by atoms with Crippen LogP contribution in [-0.4, -0.2) is 209 Å². The maximum atomic E-state index is 14.8. The number of benzene rings is 1. The van der Waals surface area contributed by atoms with Crippen molar-refractivity contribution in [2.45, 2.75) is 209 Å². The number of carbonyl (C=O) groups excluding carboxylic acids is 1. The topological polar surface area (TPSA) is 245 Å². The summed E-state index contributed by atoms with van der Waals surface area (Å²) in [6.45, 7) is 17.1. The predicted octanol–water partition coefficient (Wildman–Crippen LogP) is 4.61. The monoisotopic (exact) mass is 1130 g/mol. The zero-order valence-electron chi connectivity index (χ0n) is 47.1. The van der Waals surface area contributed by atoms with Crippen LogP contribution in [0.1, 0.15) is 118 Å². The first-order valence-corrected chi connectivity index (χ1v) is 28.3. The Kier molecular flexibility index (Phi) is 21.8. The summed E-state index contributed by atoms with van der Waals surface area (Å²) in [6.07, 6.45) is -12.6. The van der Waals surface area contributed by atoms with Gasteiger partial charge in [0.15, 0.2) is 21.9 Å². The molecule has 5 rings (SSSR count). The second-order valence-corrected chi connectivity index (χ2v) is 25.0. The number of carbonyl (C=O) groups is 1. The van der Waals surface area contributed by atoms with Crippen molar-refractivity contribution in [1.82, 2.24) is 24.8 Å². The fourth-order valence-corrected chi connectivity index (χ4v) is 13.4. The predicted molar refractivity (Wildman–Crippen MR) is 275 cm³/mol. The summed E-state index contributed by atoms with van der Waals surface area (Å²) in [4.78, 5) is 17.9. The number of methoxy groups -OCH3 is 2. The molecule has 4 heterocycles. The molecule has 0 aliphatic carbocycles. The van der Waals surface area contributed by atoms with Gasteiger partial charge >= 0.3 is 12.1 Å². The van der Waals surface area contributed by atoms with Crippen LogP contribution in [0.4, 0.5) is 17.6 Å². The third kappa shape index (κ3) is 15.1. The molecule has 19 nitrogen and oxygen atoms in total. The number of halogens is 4. The zero-order valence-corrected chi connectivity index (χ0v) is 47.9. The Morgan fingerprint density at radius 3 is 2.18 bits per heavy atom. The van der Waals surface area contributed by atoms with Crippen molar-refractivity contribution in [3.05, 3.63) is 41.7 Å². The first-order valence-electron chi connectivity index (χ1n) is 26.7. The smallest absolute Gasteiger partial charge is 0.403 e. The van der Waals surface area contributed by atoms with Gasteiger partial charge in [0.25, 0.3) is 0 Å². The molecule has 3 aliphatic rings. The Balaban J connectivity index is 1.43. The first kappa shape index (κ1) is 64.8. The van der Waals surface area contributed by atoms with Gasteiger partial charge in [-0.3, -0.25) is 4.79 Å². The maximum Gasteiger partial charge on any atom is 0.403 e. The second-order valence-electron chi connectivity index (χ2n) is 23.0. The van der Waals surface area contributed by atoms with Crippen LogP contribution >= 0.6 is 0 Å². The van der Waals surface area contributed by atoms with Gasteiger partial charge in [-0.1, -0.05) is 45.0 Å². The number of aliphatic hydroxyl groups is 5. The maximum absolute atomic E-state index is 14.8. The van der Waals surface area contributed by atoms with Crippen LogP contribution < -0.4 is 0 Å². The lowest BCUT2D eigenvalue weighted by atomic mass is 9.68. The highest BCUT2D eigenvalue weighted by atomic mass is 32.2. The summed E-state index contributed by atoms with van der Waals surface area (Å²) >= 11 is 0. The third-order valence-corrected chi connectivity index (χ3v) is 18.5. The summed E-state index contributed by atoms with van der Waals surface area (Å²) in [7, 11) is 1.74. The summed E-state index contributed by atoms with van der Waals surface area (Å²) in [5.41, 5.74) is -3.91. The molecule has 1 aromatic heterocycles. The van der Waals surface area contributed by atoms with Crippen molar-refractivity contribution < 1.29 is 84.7 Å². The standard InChI is InChI=1S/C53H87F4N5O14S/c1-15-41-52(10,68)45(64)33(6)61(12)26-29(2)23-50(8,67)47(31(4)42(32(5)48(66)75-41)40-24-51(9,72-14)46(65)34(7)74-40)76-49-43(63)38(22-30(3)73-49)60(11)21-20-36-27-62(59-58-36)39(25-54)44(71-13)35-16-18-37(19-17-35)77(69,70)28-53(55,56)57/h16-19,27,29-34,38-47,49,63-65,67-68H,15,20-26,28H2,1-14H3/t29-,30-,31+,32-,33-,34+,38+,39-,40?,41-,42+,43-,44-,45-,46+,47-,49+,50-,51-,52-/m1/s1. The Morgan fingerprint density at radius 2 is 1.61 bits per heavy atom. The number of cyclic esters (lactones) is 1. The van der Waals surface area contributed by atoms with Gasteiger partial charge in [-0.25, -0.2) is 17.5 Å². The van der Waals surface area contributed by atoms with Gasteiger partial charge in [0, 0.05) is 64.3 Å². The summed E-state index contributed by atoms with van der Waals surface area (Å²) < 4.78 is 117. The first-order chi connectivity index (χ1) is 35.7. The number of esters is 1. The fraction of sp³-hybridized carbons (Fsp3) is 0.830. The minimum Gasteiger partial charge on any atom is -0.459 e. The van der Waals surface area contributed by atoms with Crippen molar-refractivity contribution >= 4 is 15.8 Å². The molecular weight excluding hydrogens is 1040 g/mol. The van der Waals surface area contributed by atoms with Crippen molar-refractivity contribution in [3.8, 4) is 0 Å². The molecule has 0 saturated carbocycles. The molecular formula is C53H87F4N5O14S. The van der Waals surface area contributed by atoms with Gasteiger partial charge in [-0.2, -0.15) is 13.2 Å². The zero-order chi connectivity index (χ0) is 57.9. The summed E-state index contributed by atoms with van der Waals surface area (Å²) in [5.74, 6) is -5.53. The number of aromatic nitrogens is 3. The molecule has 1 aromatic carbocycles. The highest BCUT2D eigenvalue weighted by Crippen LogP contribution is 2.45. The van der Waals surface area contributed by atoms with E-state index in [2.05, 4.69) is 10.3 Å². The van der Waals surface area contributed by atoms with E-state index in [9.17, 15) is 56.3 Å². The van der Waals surface area contributed by atoms with E-state index in [0.717, 1.165) is 12.1 Å². The Labute approximate surface area is 451 Å². The number of hydrogen-bond donors (Lipinski definition) is 5. The normalized spacial score (nSPS) is 38.6. The molecule has 1 unspecified atom stereocenters. The fourth-order valence-electron chi connectivity index (χ4n) is 12.2. The number of hydrogen-bond acceptors (Lipinski definition) is 18. The minimum absolute atomic E-state index is 0.128. The molecule has 0 spiro atoms. The van der Waals surface area contributed by atoms with Crippen molar-refractivity contribution in [1.29, 1.82) is 0 Å². The number of ether oxygens (including phenoxy) is 6. The lowest BCUT2D eigenvalue weighted by Crippen LogP contribution is -2.62. The van der Waals surface area contributed by atoms with E-state index in [1.54, 1.807) is 48.6 Å². The number of likely N-dealkylation sites (N-methyl/N-ethyl adjacent to an activating group) is 2. The molecule has 3 aliphatic heterocycles. The average Bonchev–Trinajstić information content (AvgIpc) is 3.82. The molecule has 5 N–H and O–H groups in total. The Bertz CT molecular complexity index is 2320. The molecule has 3 fully saturated rings.